The molecule has 0 spiro atoms. The van der Waals surface area contributed by atoms with Gasteiger partial charge in [0, 0.05) is 11.0 Å². The van der Waals surface area contributed by atoms with E-state index in [-0.39, 0.29) is 11.5 Å². The van der Waals surface area contributed by atoms with Gasteiger partial charge in [-0.05, 0) is 59.5 Å². The summed E-state index contributed by atoms with van der Waals surface area (Å²) in [5, 5.41) is 3.46. The standard InChI is InChI=1S/C19H20BrN3O2S/c1-4-5-8-23-10-21-18-15(19(23)25)12(3)16(26-18)17(24)22-14-7-6-11(2)9-13(14)20/h6-7,9-10H,4-5,8H2,1-3H3,(H,22,24). The largest absolute Gasteiger partial charge is 0.320 e. The summed E-state index contributed by atoms with van der Waals surface area (Å²) < 4.78 is 2.45. The first-order valence-corrected chi connectivity index (χ1v) is 10.1. The number of aromatic nitrogens is 2. The van der Waals surface area contributed by atoms with E-state index in [9.17, 15) is 9.59 Å². The Kier molecular flexibility index (Phi) is 5.58. The lowest BCUT2D eigenvalue weighted by molar-refractivity contribution is 0.103. The summed E-state index contributed by atoms with van der Waals surface area (Å²) in [6.07, 6.45) is 3.51. The summed E-state index contributed by atoms with van der Waals surface area (Å²) in [7, 11) is 0. The van der Waals surface area contributed by atoms with Gasteiger partial charge in [-0.2, -0.15) is 0 Å². The van der Waals surface area contributed by atoms with E-state index in [1.807, 2.05) is 32.0 Å². The molecule has 136 valence electrons. The highest BCUT2D eigenvalue weighted by Gasteiger charge is 2.20. The Labute approximate surface area is 164 Å². The number of nitrogens with zero attached hydrogens (tertiary/aromatic N) is 2. The fourth-order valence-electron chi connectivity index (χ4n) is 2.76. The van der Waals surface area contributed by atoms with Crippen LogP contribution in [0.15, 0.2) is 33.8 Å². The fraction of sp³-hybridized carbons (Fsp3) is 0.316. The quantitative estimate of drug-likeness (QED) is 0.622. The lowest BCUT2D eigenvalue weighted by Gasteiger charge is -2.07. The molecule has 0 radical (unpaired) electrons. The number of aryl methyl sites for hydroxylation is 3. The molecule has 0 fully saturated rings. The monoisotopic (exact) mass is 433 g/mol. The number of rotatable bonds is 5. The molecular formula is C19H20BrN3O2S. The third kappa shape index (κ3) is 3.59. The molecule has 3 aromatic rings. The van der Waals surface area contributed by atoms with E-state index >= 15 is 0 Å². The van der Waals surface area contributed by atoms with Crippen LogP contribution in [0.3, 0.4) is 0 Å². The number of hydrogen-bond donors (Lipinski definition) is 1. The van der Waals surface area contributed by atoms with Gasteiger partial charge in [-0.15, -0.1) is 11.3 Å². The molecule has 1 aromatic carbocycles. The minimum Gasteiger partial charge on any atom is -0.320 e. The number of anilines is 1. The number of halogens is 1. The Hall–Kier alpha value is -1.99. The second-order valence-electron chi connectivity index (χ2n) is 6.27. The number of fused-ring (bicyclic) bond motifs is 1. The van der Waals surface area contributed by atoms with Crippen LogP contribution < -0.4 is 10.9 Å². The van der Waals surface area contributed by atoms with Crippen molar-refractivity contribution >= 4 is 49.1 Å². The molecular weight excluding hydrogens is 414 g/mol. The van der Waals surface area contributed by atoms with E-state index in [4.69, 9.17) is 0 Å². The maximum atomic E-state index is 12.8. The maximum absolute atomic E-state index is 12.8. The number of benzene rings is 1. The molecule has 0 saturated heterocycles. The molecule has 2 heterocycles. The Balaban J connectivity index is 1.97. The fourth-order valence-corrected chi connectivity index (χ4v) is 4.39. The van der Waals surface area contributed by atoms with Crippen LogP contribution in [0.5, 0.6) is 0 Å². The Bertz CT molecular complexity index is 1040. The number of carbonyl (C=O) groups is 1. The van der Waals surface area contributed by atoms with Crippen molar-refractivity contribution in [1.29, 1.82) is 0 Å². The van der Waals surface area contributed by atoms with Gasteiger partial charge in [0.2, 0.25) is 0 Å². The van der Waals surface area contributed by atoms with Crippen molar-refractivity contribution in [2.24, 2.45) is 0 Å². The zero-order chi connectivity index (χ0) is 18.8. The molecule has 2 aromatic heterocycles. The Morgan fingerprint density at radius 1 is 1.35 bits per heavy atom. The van der Waals surface area contributed by atoms with Gasteiger partial charge in [0.25, 0.3) is 11.5 Å². The topological polar surface area (TPSA) is 64.0 Å². The Morgan fingerprint density at radius 3 is 2.81 bits per heavy atom. The zero-order valence-electron chi connectivity index (χ0n) is 14.9. The molecule has 0 bridgehead atoms. The molecule has 0 unspecified atom stereocenters. The van der Waals surface area contributed by atoms with E-state index in [1.54, 1.807) is 10.9 Å². The second-order valence-corrected chi connectivity index (χ2v) is 8.12. The molecule has 0 atom stereocenters. The highest BCUT2D eigenvalue weighted by atomic mass is 79.9. The van der Waals surface area contributed by atoms with Gasteiger partial charge in [-0.25, -0.2) is 4.98 Å². The molecule has 0 aliphatic heterocycles. The molecule has 0 aliphatic rings. The summed E-state index contributed by atoms with van der Waals surface area (Å²) in [6.45, 7) is 6.52. The van der Waals surface area contributed by atoms with Crippen LogP contribution in [0, 0.1) is 13.8 Å². The number of thiophene rings is 1. The minimum absolute atomic E-state index is 0.0761. The third-order valence-electron chi connectivity index (χ3n) is 4.25. The number of hydrogen-bond acceptors (Lipinski definition) is 4. The molecule has 3 rings (SSSR count). The second kappa shape index (κ2) is 7.72. The molecule has 1 N–H and O–H groups in total. The third-order valence-corrected chi connectivity index (χ3v) is 6.10. The molecule has 7 heteroatoms. The first-order chi connectivity index (χ1) is 12.4. The van der Waals surface area contributed by atoms with Gasteiger partial charge in [0.1, 0.15) is 4.83 Å². The SMILES string of the molecule is CCCCn1cnc2sc(C(=O)Nc3ccc(C)cc3Br)c(C)c2c1=O. The highest BCUT2D eigenvalue weighted by Crippen LogP contribution is 2.29. The van der Waals surface area contributed by atoms with Crippen LogP contribution >= 0.6 is 27.3 Å². The minimum atomic E-state index is -0.227. The van der Waals surface area contributed by atoms with Crippen LogP contribution in [0.25, 0.3) is 10.2 Å². The van der Waals surface area contributed by atoms with Crippen molar-refractivity contribution < 1.29 is 4.79 Å². The van der Waals surface area contributed by atoms with Gasteiger partial charge >= 0.3 is 0 Å². The Morgan fingerprint density at radius 2 is 2.12 bits per heavy atom. The van der Waals surface area contributed by atoms with Crippen molar-refractivity contribution in [3.8, 4) is 0 Å². The van der Waals surface area contributed by atoms with E-state index in [0.29, 0.717) is 32.9 Å². The summed E-state index contributed by atoms with van der Waals surface area (Å²) >= 11 is 4.72. The van der Waals surface area contributed by atoms with Crippen LogP contribution in [0.1, 0.15) is 40.6 Å². The van der Waals surface area contributed by atoms with Crippen LogP contribution in [-0.4, -0.2) is 15.5 Å². The highest BCUT2D eigenvalue weighted by molar-refractivity contribution is 9.10. The van der Waals surface area contributed by atoms with Gasteiger partial charge < -0.3 is 5.32 Å². The van der Waals surface area contributed by atoms with Crippen LogP contribution in [-0.2, 0) is 6.54 Å². The molecule has 0 saturated carbocycles. The number of amides is 1. The van der Waals surface area contributed by atoms with Crippen LogP contribution in [0.2, 0.25) is 0 Å². The van der Waals surface area contributed by atoms with E-state index in [1.165, 1.54) is 11.3 Å². The van der Waals surface area contributed by atoms with E-state index in [2.05, 4.69) is 33.2 Å². The zero-order valence-corrected chi connectivity index (χ0v) is 17.3. The molecule has 1 amide bonds. The lowest BCUT2D eigenvalue weighted by Crippen LogP contribution is -2.20. The van der Waals surface area contributed by atoms with Crippen molar-refractivity contribution in [2.75, 3.05) is 5.32 Å². The van der Waals surface area contributed by atoms with Crippen molar-refractivity contribution in [2.45, 2.75) is 40.2 Å². The van der Waals surface area contributed by atoms with E-state index in [0.717, 1.165) is 22.9 Å². The average Bonchev–Trinajstić information content (AvgIpc) is 2.94. The van der Waals surface area contributed by atoms with E-state index < -0.39 is 0 Å². The van der Waals surface area contributed by atoms with Gasteiger partial charge in [0.05, 0.1) is 22.3 Å². The first-order valence-electron chi connectivity index (χ1n) is 8.48. The number of nitrogens with one attached hydrogen (secondary N) is 1. The molecule has 26 heavy (non-hydrogen) atoms. The van der Waals surface area contributed by atoms with Crippen molar-refractivity contribution in [3.63, 3.8) is 0 Å². The summed E-state index contributed by atoms with van der Waals surface area (Å²) in [6, 6.07) is 5.74. The maximum Gasteiger partial charge on any atom is 0.266 e. The predicted molar refractivity (Wildman–Crippen MR) is 110 cm³/mol. The summed E-state index contributed by atoms with van der Waals surface area (Å²) in [5.74, 6) is -0.227. The normalized spacial score (nSPS) is 11.1. The first kappa shape index (κ1) is 18.8. The summed E-state index contributed by atoms with van der Waals surface area (Å²) in [5.41, 5.74) is 2.41. The predicted octanol–water partition coefficient (Wildman–Crippen LogP) is 4.89. The van der Waals surface area contributed by atoms with Gasteiger partial charge in [-0.3, -0.25) is 14.2 Å². The van der Waals surface area contributed by atoms with Crippen molar-refractivity contribution in [1.82, 2.24) is 9.55 Å². The van der Waals surface area contributed by atoms with Crippen molar-refractivity contribution in [3.05, 3.63) is 55.4 Å². The summed E-state index contributed by atoms with van der Waals surface area (Å²) in [4.78, 5) is 31.0. The number of carbonyl (C=O) groups excluding carboxylic acids is 1. The molecule has 5 nitrogen and oxygen atoms in total. The molecule has 0 aliphatic carbocycles. The van der Waals surface area contributed by atoms with Gasteiger partial charge in [-0.1, -0.05) is 19.4 Å². The number of unbranched alkanes of at least 4 members (excludes halogenated alkanes) is 1. The van der Waals surface area contributed by atoms with Gasteiger partial charge in [0.15, 0.2) is 0 Å². The average molecular weight is 434 g/mol. The van der Waals surface area contributed by atoms with Crippen LogP contribution in [0.4, 0.5) is 5.69 Å². The lowest BCUT2D eigenvalue weighted by atomic mass is 10.2. The smallest absolute Gasteiger partial charge is 0.266 e.